The fourth-order valence-electron chi connectivity index (χ4n) is 2.80. The molecule has 0 saturated heterocycles. The molecule has 0 aromatic heterocycles. The Hall–Kier alpha value is -1.71. The summed E-state index contributed by atoms with van der Waals surface area (Å²) in [4.78, 5) is 9.38. The molecule has 3 nitrogen and oxygen atoms in total. The summed E-state index contributed by atoms with van der Waals surface area (Å²) in [6.07, 6.45) is 9.55. The maximum absolute atomic E-state index is 4.60. The predicted molar refractivity (Wildman–Crippen MR) is 95.2 cm³/mol. The molecule has 0 radical (unpaired) electrons. The van der Waals surface area contributed by atoms with Crippen LogP contribution in [0.1, 0.15) is 25.8 Å². The smallest absolute Gasteiger partial charge is 0.0964 e. The minimum Gasteiger partial charge on any atom is -0.285 e. The van der Waals surface area contributed by atoms with E-state index in [9.17, 15) is 0 Å². The van der Waals surface area contributed by atoms with E-state index in [1.807, 2.05) is 24.4 Å². The van der Waals surface area contributed by atoms with Gasteiger partial charge in [-0.15, -0.1) is 0 Å². The molecule has 0 atom stereocenters. The Balaban J connectivity index is 2.13. The summed E-state index contributed by atoms with van der Waals surface area (Å²) in [6, 6.07) is 10.2. The molecular weight excluding hydrogens is 270 g/mol. The maximum Gasteiger partial charge on any atom is 0.0964 e. The van der Waals surface area contributed by atoms with Crippen LogP contribution in [0.2, 0.25) is 0 Å². The quantitative estimate of drug-likeness (QED) is 0.591. The van der Waals surface area contributed by atoms with Crippen LogP contribution in [0.25, 0.3) is 0 Å². The molecule has 3 heteroatoms. The number of benzene rings is 1. The lowest BCUT2D eigenvalue weighted by Crippen LogP contribution is -2.56. The van der Waals surface area contributed by atoms with Crippen molar-refractivity contribution in [3.63, 3.8) is 0 Å². The third kappa shape index (κ3) is 3.54. The first-order valence-corrected chi connectivity index (χ1v) is 8.03. The molecule has 118 valence electrons. The van der Waals surface area contributed by atoms with Crippen molar-refractivity contribution in [3.05, 3.63) is 59.8 Å². The monoisotopic (exact) mass is 297 g/mol. The molecule has 2 rings (SSSR count). The normalized spacial score (nSPS) is 17.5. The molecule has 0 aliphatic heterocycles. The van der Waals surface area contributed by atoms with Gasteiger partial charge in [0.25, 0.3) is 0 Å². The molecule has 0 spiro atoms. The van der Waals surface area contributed by atoms with Crippen LogP contribution in [0.15, 0.2) is 59.2 Å². The van der Waals surface area contributed by atoms with Crippen LogP contribution in [-0.2, 0) is 0 Å². The van der Waals surface area contributed by atoms with Crippen molar-refractivity contribution in [2.45, 2.75) is 25.9 Å². The van der Waals surface area contributed by atoms with Gasteiger partial charge in [0.2, 0.25) is 0 Å². The van der Waals surface area contributed by atoms with Gasteiger partial charge in [0.05, 0.1) is 11.4 Å². The van der Waals surface area contributed by atoms with Crippen molar-refractivity contribution < 1.29 is 0 Å². The summed E-state index contributed by atoms with van der Waals surface area (Å²) in [7, 11) is 4.37. The Morgan fingerprint density at radius 3 is 2.23 bits per heavy atom. The van der Waals surface area contributed by atoms with Gasteiger partial charge >= 0.3 is 0 Å². The number of aliphatic imine (C=N–C) groups is 1. The largest absolute Gasteiger partial charge is 0.285 e. The van der Waals surface area contributed by atoms with Crippen molar-refractivity contribution in [1.29, 1.82) is 0 Å². The second-order valence-electron chi connectivity index (χ2n) is 5.74. The van der Waals surface area contributed by atoms with Gasteiger partial charge in [0.1, 0.15) is 0 Å². The predicted octanol–water partition coefficient (Wildman–Crippen LogP) is 3.55. The van der Waals surface area contributed by atoms with Crippen molar-refractivity contribution in [2.24, 2.45) is 4.99 Å². The highest BCUT2D eigenvalue weighted by Gasteiger charge is 2.35. The number of nitrogens with zero attached hydrogens (tertiary/aromatic N) is 3. The molecule has 0 unspecified atom stereocenters. The van der Waals surface area contributed by atoms with Gasteiger partial charge in [0, 0.05) is 12.6 Å². The SMILES string of the molecule is CCN(C)C1(N(C)CC)C=CC(N=Cc2ccccc2)=CC1. The van der Waals surface area contributed by atoms with E-state index >= 15 is 0 Å². The van der Waals surface area contributed by atoms with Crippen LogP contribution in [0.4, 0.5) is 0 Å². The number of allylic oxidation sites excluding steroid dienone is 1. The van der Waals surface area contributed by atoms with Gasteiger partial charge in [-0.1, -0.05) is 50.3 Å². The second-order valence-corrected chi connectivity index (χ2v) is 5.74. The molecule has 0 bridgehead atoms. The molecule has 1 aromatic rings. The first kappa shape index (κ1) is 16.7. The summed E-state index contributed by atoms with van der Waals surface area (Å²) in [5.74, 6) is 0. The van der Waals surface area contributed by atoms with Gasteiger partial charge in [-0.05, 0) is 44.9 Å². The highest BCUT2D eigenvalue weighted by Crippen LogP contribution is 2.29. The van der Waals surface area contributed by atoms with Crippen molar-refractivity contribution in [1.82, 2.24) is 9.80 Å². The fraction of sp³-hybridized carbons (Fsp3) is 0.421. The molecule has 0 saturated carbocycles. The number of likely N-dealkylation sites (N-methyl/N-ethyl adjacent to an activating group) is 2. The van der Waals surface area contributed by atoms with Crippen LogP contribution in [0.3, 0.4) is 0 Å². The average Bonchev–Trinajstić information content (AvgIpc) is 2.59. The molecule has 0 N–H and O–H groups in total. The van der Waals surface area contributed by atoms with Crippen LogP contribution < -0.4 is 0 Å². The van der Waals surface area contributed by atoms with Crippen LogP contribution >= 0.6 is 0 Å². The van der Waals surface area contributed by atoms with Gasteiger partial charge in [-0.2, -0.15) is 0 Å². The summed E-state index contributed by atoms with van der Waals surface area (Å²) in [5.41, 5.74) is 2.13. The van der Waals surface area contributed by atoms with Crippen LogP contribution in [0, 0.1) is 0 Å². The summed E-state index contributed by atoms with van der Waals surface area (Å²) in [6.45, 7) is 6.44. The Labute approximate surface area is 134 Å². The Bertz CT molecular complexity index is 547. The molecule has 0 heterocycles. The highest BCUT2D eigenvalue weighted by atomic mass is 15.4. The molecule has 1 aliphatic carbocycles. The van der Waals surface area contributed by atoms with Gasteiger partial charge in [0.15, 0.2) is 0 Å². The van der Waals surface area contributed by atoms with E-state index < -0.39 is 0 Å². The zero-order valence-electron chi connectivity index (χ0n) is 14.2. The maximum atomic E-state index is 4.60. The zero-order valence-corrected chi connectivity index (χ0v) is 14.2. The van der Waals surface area contributed by atoms with Gasteiger partial charge in [-0.25, -0.2) is 0 Å². The van der Waals surface area contributed by atoms with E-state index in [0.29, 0.717) is 0 Å². The summed E-state index contributed by atoms with van der Waals surface area (Å²) >= 11 is 0. The number of rotatable bonds is 6. The lowest BCUT2D eigenvalue weighted by molar-refractivity contribution is 0.0201. The Morgan fingerprint density at radius 2 is 1.73 bits per heavy atom. The van der Waals surface area contributed by atoms with E-state index in [0.717, 1.165) is 30.8 Å². The van der Waals surface area contributed by atoms with Crippen molar-refractivity contribution >= 4 is 6.21 Å². The van der Waals surface area contributed by atoms with Gasteiger partial charge < -0.3 is 0 Å². The van der Waals surface area contributed by atoms with E-state index in [-0.39, 0.29) is 5.66 Å². The minimum absolute atomic E-state index is 0.0325. The molecule has 1 aliphatic rings. The number of hydrogen-bond acceptors (Lipinski definition) is 3. The van der Waals surface area contributed by atoms with Gasteiger partial charge in [-0.3, -0.25) is 14.8 Å². The lowest BCUT2D eigenvalue weighted by atomic mass is 9.96. The molecule has 0 fully saturated rings. The minimum atomic E-state index is -0.0325. The average molecular weight is 297 g/mol. The Morgan fingerprint density at radius 1 is 1.09 bits per heavy atom. The standard InChI is InChI=1S/C19H27N3/c1-5-21(3)19(22(4)6-2)14-12-18(13-15-19)20-16-17-10-8-7-9-11-17/h7-14,16H,5-6,15H2,1-4H3. The van der Waals surface area contributed by atoms with E-state index in [2.05, 4.69) is 73.1 Å². The lowest BCUT2D eigenvalue weighted by Gasteiger charge is -2.46. The third-order valence-electron chi connectivity index (χ3n) is 4.57. The molecule has 1 aromatic carbocycles. The summed E-state index contributed by atoms with van der Waals surface area (Å²) < 4.78 is 0. The fourth-order valence-corrected chi connectivity index (χ4v) is 2.80. The zero-order chi connectivity index (χ0) is 16.0. The second kappa shape index (κ2) is 7.52. The van der Waals surface area contributed by atoms with E-state index in [1.165, 1.54) is 0 Å². The van der Waals surface area contributed by atoms with Crippen LogP contribution in [0.5, 0.6) is 0 Å². The van der Waals surface area contributed by atoms with Crippen LogP contribution in [-0.4, -0.2) is 48.9 Å². The summed E-state index contributed by atoms with van der Waals surface area (Å²) in [5, 5.41) is 0. The topological polar surface area (TPSA) is 18.8 Å². The Kier molecular flexibility index (Phi) is 5.69. The van der Waals surface area contributed by atoms with Crippen molar-refractivity contribution in [3.8, 4) is 0 Å². The highest BCUT2D eigenvalue weighted by molar-refractivity contribution is 5.80. The number of hydrogen-bond donors (Lipinski definition) is 0. The first-order valence-electron chi connectivity index (χ1n) is 8.03. The molecule has 22 heavy (non-hydrogen) atoms. The first-order chi connectivity index (χ1) is 10.6. The van der Waals surface area contributed by atoms with E-state index in [4.69, 9.17) is 0 Å². The molecular formula is C19H27N3. The van der Waals surface area contributed by atoms with Crippen molar-refractivity contribution in [2.75, 3.05) is 27.2 Å². The van der Waals surface area contributed by atoms with E-state index in [1.54, 1.807) is 0 Å². The molecule has 0 amide bonds. The third-order valence-corrected chi connectivity index (χ3v) is 4.57.